The highest BCUT2D eigenvalue weighted by molar-refractivity contribution is 5.91. The minimum atomic E-state index is -0.331. The molecule has 0 saturated heterocycles. The molecule has 0 aliphatic heterocycles. The molecule has 1 N–H and O–H groups in total. The van der Waals surface area contributed by atoms with Crippen molar-refractivity contribution >= 4 is 5.91 Å². The number of rotatable bonds is 5. The molecule has 3 aromatic heterocycles. The molecule has 22 heavy (non-hydrogen) atoms. The highest BCUT2D eigenvalue weighted by Gasteiger charge is 2.12. The van der Waals surface area contributed by atoms with E-state index in [4.69, 9.17) is 8.83 Å². The van der Waals surface area contributed by atoms with Gasteiger partial charge in [0, 0.05) is 12.3 Å². The van der Waals surface area contributed by atoms with Crippen LogP contribution in [0.2, 0.25) is 0 Å². The quantitative estimate of drug-likeness (QED) is 0.781. The van der Waals surface area contributed by atoms with Gasteiger partial charge in [0.2, 0.25) is 0 Å². The van der Waals surface area contributed by atoms with Gasteiger partial charge in [-0.15, -0.1) is 0 Å². The topological polar surface area (TPSA) is 77.4 Å². The highest BCUT2D eigenvalue weighted by Crippen LogP contribution is 2.09. The first-order valence-electron chi connectivity index (χ1n) is 6.77. The number of nitrogens with zero attached hydrogens (tertiary/aromatic N) is 1. The summed E-state index contributed by atoms with van der Waals surface area (Å²) >= 11 is 0. The molecule has 3 rings (SSSR count). The Hall–Kier alpha value is -3.02. The van der Waals surface area contributed by atoms with Gasteiger partial charge in [-0.3, -0.25) is 9.59 Å². The molecule has 0 saturated carbocycles. The lowest BCUT2D eigenvalue weighted by atomic mass is 10.3. The smallest absolute Gasteiger partial charge is 0.287 e. The van der Waals surface area contributed by atoms with E-state index < -0.39 is 0 Å². The molecule has 1 amide bonds. The van der Waals surface area contributed by atoms with E-state index in [9.17, 15) is 9.59 Å². The van der Waals surface area contributed by atoms with E-state index in [-0.39, 0.29) is 23.8 Å². The predicted octanol–water partition coefficient (Wildman–Crippen LogP) is 2.01. The van der Waals surface area contributed by atoms with Crippen molar-refractivity contribution in [3.05, 3.63) is 82.6 Å². The average molecular weight is 298 g/mol. The third-order valence-corrected chi connectivity index (χ3v) is 3.11. The van der Waals surface area contributed by atoms with E-state index in [1.165, 1.54) is 10.6 Å². The van der Waals surface area contributed by atoms with Crippen LogP contribution in [0.4, 0.5) is 0 Å². The summed E-state index contributed by atoms with van der Waals surface area (Å²) in [5, 5.41) is 2.69. The number of pyridine rings is 1. The molecular weight excluding hydrogens is 284 g/mol. The first-order valence-corrected chi connectivity index (χ1v) is 6.77. The summed E-state index contributed by atoms with van der Waals surface area (Å²) in [6.07, 6.45) is 3.21. The predicted molar refractivity (Wildman–Crippen MR) is 78.4 cm³/mol. The Bertz CT molecular complexity index is 815. The lowest BCUT2D eigenvalue weighted by Gasteiger charge is -2.02. The zero-order valence-corrected chi connectivity index (χ0v) is 11.7. The van der Waals surface area contributed by atoms with Crippen molar-refractivity contribution in [2.75, 3.05) is 0 Å². The van der Waals surface area contributed by atoms with Crippen molar-refractivity contribution < 1.29 is 13.6 Å². The van der Waals surface area contributed by atoms with Crippen LogP contribution in [-0.4, -0.2) is 10.5 Å². The van der Waals surface area contributed by atoms with Gasteiger partial charge in [0.25, 0.3) is 11.5 Å². The number of amides is 1. The van der Waals surface area contributed by atoms with Gasteiger partial charge >= 0.3 is 0 Å². The lowest BCUT2D eigenvalue weighted by Crippen LogP contribution is -2.22. The molecule has 3 aromatic rings. The fourth-order valence-corrected chi connectivity index (χ4v) is 2.01. The first-order chi connectivity index (χ1) is 10.7. The maximum atomic E-state index is 12.0. The molecule has 0 atom stereocenters. The molecule has 0 fully saturated rings. The SMILES string of the molecule is O=C(NCc1ccco1)c1ccc(Cn2ccccc2=O)o1. The van der Waals surface area contributed by atoms with Gasteiger partial charge in [-0.05, 0) is 30.3 Å². The summed E-state index contributed by atoms with van der Waals surface area (Å²) in [6.45, 7) is 0.575. The third kappa shape index (κ3) is 3.17. The monoisotopic (exact) mass is 298 g/mol. The van der Waals surface area contributed by atoms with Crippen LogP contribution in [0.1, 0.15) is 22.1 Å². The van der Waals surface area contributed by atoms with Crippen molar-refractivity contribution in [1.29, 1.82) is 0 Å². The number of furan rings is 2. The van der Waals surface area contributed by atoms with Crippen LogP contribution < -0.4 is 10.9 Å². The van der Waals surface area contributed by atoms with Crippen LogP contribution in [0.3, 0.4) is 0 Å². The Balaban J connectivity index is 1.64. The number of carbonyl (C=O) groups is 1. The number of hydrogen-bond acceptors (Lipinski definition) is 4. The molecule has 0 spiro atoms. The van der Waals surface area contributed by atoms with Crippen LogP contribution in [-0.2, 0) is 13.1 Å². The molecule has 6 heteroatoms. The summed E-state index contributed by atoms with van der Waals surface area (Å²) in [5.74, 6) is 1.07. The molecule has 0 radical (unpaired) electrons. The summed E-state index contributed by atoms with van der Waals surface area (Å²) < 4.78 is 12.1. The van der Waals surface area contributed by atoms with E-state index in [0.29, 0.717) is 18.1 Å². The van der Waals surface area contributed by atoms with Crippen LogP contribution in [0, 0.1) is 0 Å². The van der Waals surface area contributed by atoms with Crippen LogP contribution in [0.15, 0.2) is 68.6 Å². The Morgan fingerprint density at radius 2 is 2.00 bits per heavy atom. The molecule has 3 heterocycles. The molecule has 0 aromatic carbocycles. The second-order valence-corrected chi connectivity index (χ2v) is 4.69. The molecule has 0 aliphatic carbocycles. The number of carbonyl (C=O) groups excluding carboxylic acids is 1. The zero-order valence-electron chi connectivity index (χ0n) is 11.7. The van der Waals surface area contributed by atoms with Crippen molar-refractivity contribution in [2.45, 2.75) is 13.1 Å². The largest absolute Gasteiger partial charge is 0.467 e. The van der Waals surface area contributed by atoms with Gasteiger partial charge in [0.15, 0.2) is 5.76 Å². The first kappa shape index (κ1) is 13.9. The molecular formula is C16H14N2O4. The van der Waals surface area contributed by atoms with Crippen molar-refractivity contribution in [3.8, 4) is 0 Å². The van der Waals surface area contributed by atoms with Gasteiger partial charge in [-0.1, -0.05) is 6.07 Å². The van der Waals surface area contributed by atoms with Gasteiger partial charge in [-0.25, -0.2) is 0 Å². The molecule has 0 bridgehead atoms. The van der Waals surface area contributed by atoms with Crippen molar-refractivity contribution in [2.24, 2.45) is 0 Å². The number of nitrogens with one attached hydrogen (secondary N) is 1. The fourth-order valence-electron chi connectivity index (χ4n) is 2.01. The van der Waals surface area contributed by atoms with E-state index in [1.54, 1.807) is 48.9 Å². The Morgan fingerprint density at radius 1 is 1.09 bits per heavy atom. The number of hydrogen-bond donors (Lipinski definition) is 1. The second kappa shape index (κ2) is 6.17. The van der Waals surface area contributed by atoms with Gasteiger partial charge in [0.1, 0.15) is 11.5 Å². The van der Waals surface area contributed by atoms with E-state index >= 15 is 0 Å². The third-order valence-electron chi connectivity index (χ3n) is 3.11. The molecule has 112 valence electrons. The minimum Gasteiger partial charge on any atom is -0.467 e. The lowest BCUT2D eigenvalue weighted by molar-refractivity contribution is 0.0918. The average Bonchev–Trinajstić information content (AvgIpc) is 3.19. The Kier molecular flexibility index (Phi) is 3.91. The molecule has 0 aliphatic rings. The van der Waals surface area contributed by atoms with Crippen molar-refractivity contribution in [3.63, 3.8) is 0 Å². The summed E-state index contributed by atoms with van der Waals surface area (Å²) in [5.41, 5.74) is -0.122. The summed E-state index contributed by atoms with van der Waals surface area (Å²) in [4.78, 5) is 23.6. The normalized spacial score (nSPS) is 10.5. The van der Waals surface area contributed by atoms with E-state index in [2.05, 4.69) is 5.32 Å². The van der Waals surface area contributed by atoms with Crippen LogP contribution in [0.25, 0.3) is 0 Å². The van der Waals surface area contributed by atoms with Crippen molar-refractivity contribution in [1.82, 2.24) is 9.88 Å². The Morgan fingerprint density at radius 3 is 2.77 bits per heavy atom. The van der Waals surface area contributed by atoms with Gasteiger partial charge in [-0.2, -0.15) is 0 Å². The van der Waals surface area contributed by atoms with E-state index in [1.807, 2.05) is 0 Å². The Labute approximate surface area is 126 Å². The summed E-state index contributed by atoms with van der Waals surface area (Å²) in [7, 11) is 0. The van der Waals surface area contributed by atoms with Gasteiger partial charge < -0.3 is 18.7 Å². The van der Waals surface area contributed by atoms with Crippen LogP contribution >= 0.6 is 0 Å². The zero-order chi connectivity index (χ0) is 15.4. The molecule has 6 nitrogen and oxygen atoms in total. The second-order valence-electron chi connectivity index (χ2n) is 4.69. The van der Waals surface area contributed by atoms with Crippen LogP contribution in [0.5, 0.6) is 0 Å². The summed E-state index contributed by atoms with van der Waals surface area (Å²) in [6, 6.07) is 11.7. The number of aromatic nitrogens is 1. The minimum absolute atomic E-state index is 0.122. The standard InChI is InChI=1S/C16H14N2O4/c19-15-5-1-2-8-18(15)11-13-6-7-14(22-13)16(20)17-10-12-4-3-9-21-12/h1-9H,10-11H2,(H,17,20). The fraction of sp³-hybridized carbons (Fsp3) is 0.125. The molecule has 0 unspecified atom stereocenters. The maximum Gasteiger partial charge on any atom is 0.287 e. The van der Waals surface area contributed by atoms with E-state index in [0.717, 1.165) is 0 Å². The highest BCUT2D eigenvalue weighted by atomic mass is 16.4. The van der Waals surface area contributed by atoms with Gasteiger partial charge in [0.05, 0.1) is 19.4 Å². The maximum absolute atomic E-state index is 12.0.